The van der Waals surface area contributed by atoms with Crippen molar-refractivity contribution in [2.45, 2.75) is 0 Å². The molecule has 0 bridgehead atoms. The Morgan fingerprint density at radius 2 is 1.86 bits per heavy atom. The fraction of sp³-hybridized carbons (Fsp3) is 0.286. The minimum absolute atomic E-state index is 0.198. The van der Waals surface area contributed by atoms with Crippen LogP contribution >= 0.6 is 0 Å². The number of anilines is 1. The Kier molecular flexibility index (Phi) is 3.50. The standard InChI is InChI=1S/C14H15N5O3/c15-13(20)10-2-1-9-7-16-8-11(12(9)17-10)18-3-5-19(6-4-18)14(21)22/h1-2,7-8H,3-6H2,(H2,15,20)(H,21,22). The quantitative estimate of drug-likeness (QED) is 0.836. The van der Waals surface area contributed by atoms with Gasteiger partial charge in [0.05, 0.1) is 17.4 Å². The molecule has 1 aliphatic heterocycles. The number of aromatic nitrogens is 2. The van der Waals surface area contributed by atoms with Crippen LogP contribution in [0.4, 0.5) is 10.5 Å². The summed E-state index contributed by atoms with van der Waals surface area (Å²) < 4.78 is 0. The summed E-state index contributed by atoms with van der Waals surface area (Å²) in [5, 5.41) is 9.80. The zero-order valence-corrected chi connectivity index (χ0v) is 11.8. The van der Waals surface area contributed by atoms with E-state index >= 15 is 0 Å². The van der Waals surface area contributed by atoms with Crippen molar-refractivity contribution < 1.29 is 14.7 Å². The molecule has 2 aromatic rings. The highest BCUT2D eigenvalue weighted by molar-refractivity contribution is 5.96. The summed E-state index contributed by atoms with van der Waals surface area (Å²) in [6, 6.07) is 3.32. The lowest BCUT2D eigenvalue weighted by Gasteiger charge is -2.34. The molecule has 3 rings (SSSR count). The fourth-order valence-corrected chi connectivity index (χ4v) is 2.54. The molecule has 0 atom stereocenters. The number of carbonyl (C=O) groups excluding carboxylic acids is 1. The second-order valence-electron chi connectivity index (χ2n) is 5.05. The minimum Gasteiger partial charge on any atom is -0.465 e. The van der Waals surface area contributed by atoms with E-state index in [0.717, 1.165) is 11.1 Å². The largest absolute Gasteiger partial charge is 0.465 e. The molecule has 1 fully saturated rings. The van der Waals surface area contributed by atoms with E-state index in [9.17, 15) is 9.59 Å². The first kappa shape index (κ1) is 14.1. The second-order valence-corrected chi connectivity index (χ2v) is 5.05. The fourth-order valence-electron chi connectivity index (χ4n) is 2.54. The normalized spacial score (nSPS) is 15.1. The predicted molar refractivity (Wildman–Crippen MR) is 79.9 cm³/mol. The van der Waals surface area contributed by atoms with Gasteiger partial charge in [-0.25, -0.2) is 9.78 Å². The lowest BCUT2D eigenvalue weighted by Crippen LogP contribution is -2.48. The smallest absolute Gasteiger partial charge is 0.407 e. The number of carbonyl (C=O) groups is 2. The van der Waals surface area contributed by atoms with Crippen LogP contribution in [0.5, 0.6) is 0 Å². The molecule has 22 heavy (non-hydrogen) atoms. The monoisotopic (exact) mass is 301 g/mol. The molecule has 3 N–H and O–H groups in total. The number of primary amides is 1. The minimum atomic E-state index is -0.912. The molecule has 0 unspecified atom stereocenters. The van der Waals surface area contributed by atoms with Crippen molar-refractivity contribution >= 4 is 28.6 Å². The van der Waals surface area contributed by atoms with E-state index < -0.39 is 12.0 Å². The van der Waals surface area contributed by atoms with Crippen LogP contribution in [0.3, 0.4) is 0 Å². The molecule has 0 aromatic carbocycles. The first-order valence-corrected chi connectivity index (χ1v) is 6.83. The molecular formula is C14H15N5O3. The molecule has 2 amide bonds. The van der Waals surface area contributed by atoms with Crippen molar-refractivity contribution in [3.05, 3.63) is 30.2 Å². The van der Waals surface area contributed by atoms with Gasteiger partial charge in [-0.1, -0.05) is 0 Å². The maximum absolute atomic E-state index is 11.3. The van der Waals surface area contributed by atoms with Gasteiger partial charge >= 0.3 is 6.09 Å². The van der Waals surface area contributed by atoms with Gasteiger partial charge in [-0.15, -0.1) is 0 Å². The van der Waals surface area contributed by atoms with E-state index in [1.54, 1.807) is 24.5 Å². The summed E-state index contributed by atoms with van der Waals surface area (Å²) in [6.07, 6.45) is 2.44. The van der Waals surface area contributed by atoms with Gasteiger partial charge in [-0.05, 0) is 12.1 Å². The molecule has 3 heterocycles. The summed E-state index contributed by atoms with van der Waals surface area (Å²) in [6.45, 7) is 1.94. The Morgan fingerprint density at radius 1 is 1.14 bits per heavy atom. The number of amides is 2. The predicted octanol–water partition coefficient (Wildman–Crippen LogP) is 0.529. The third-order valence-electron chi connectivity index (χ3n) is 3.72. The lowest BCUT2D eigenvalue weighted by atomic mass is 10.2. The topological polar surface area (TPSA) is 113 Å². The van der Waals surface area contributed by atoms with Gasteiger partial charge in [-0.3, -0.25) is 9.78 Å². The molecule has 2 aromatic heterocycles. The van der Waals surface area contributed by atoms with E-state index in [2.05, 4.69) is 9.97 Å². The van der Waals surface area contributed by atoms with E-state index in [-0.39, 0.29) is 5.69 Å². The summed E-state index contributed by atoms with van der Waals surface area (Å²) >= 11 is 0. The van der Waals surface area contributed by atoms with Crippen LogP contribution in [-0.4, -0.2) is 58.2 Å². The van der Waals surface area contributed by atoms with Crippen molar-refractivity contribution in [2.75, 3.05) is 31.1 Å². The highest BCUT2D eigenvalue weighted by Crippen LogP contribution is 2.25. The molecule has 0 saturated carbocycles. The first-order valence-electron chi connectivity index (χ1n) is 6.83. The number of nitrogens with two attached hydrogens (primary N) is 1. The molecule has 8 nitrogen and oxygen atoms in total. The Bertz CT molecular complexity index is 740. The number of hydrogen-bond acceptors (Lipinski definition) is 5. The number of carboxylic acid groups (broad SMARTS) is 1. The van der Waals surface area contributed by atoms with Crippen molar-refractivity contribution in [3.8, 4) is 0 Å². The van der Waals surface area contributed by atoms with Gasteiger partial charge < -0.3 is 20.6 Å². The number of piperazine rings is 1. The number of rotatable bonds is 2. The number of hydrogen-bond donors (Lipinski definition) is 2. The van der Waals surface area contributed by atoms with Gasteiger partial charge in [0.1, 0.15) is 5.69 Å². The zero-order valence-electron chi connectivity index (χ0n) is 11.8. The van der Waals surface area contributed by atoms with Crippen LogP contribution in [0.25, 0.3) is 10.9 Å². The molecular weight excluding hydrogens is 286 g/mol. The van der Waals surface area contributed by atoms with Crippen LogP contribution in [0.1, 0.15) is 10.5 Å². The number of nitrogens with zero attached hydrogens (tertiary/aromatic N) is 4. The van der Waals surface area contributed by atoms with Crippen molar-refractivity contribution in [3.63, 3.8) is 0 Å². The van der Waals surface area contributed by atoms with E-state index in [0.29, 0.717) is 31.7 Å². The van der Waals surface area contributed by atoms with E-state index in [4.69, 9.17) is 10.8 Å². The van der Waals surface area contributed by atoms with Gasteiger partial charge in [0.15, 0.2) is 0 Å². The van der Waals surface area contributed by atoms with Crippen molar-refractivity contribution in [1.29, 1.82) is 0 Å². The molecule has 1 aliphatic rings. The molecule has 0 aliphatic carbocycles. The Labute approximate surface area is 126 Å². The van der Waals surface area contributed by atoms with Gasteiger partial charge in [-0.2, -0.15) is 0 Å². The van der Waals surface area contributed by atoms with Crippen molar-refractivity contribution in [2.24, 2.45) is 5.73 Å². The first-order chi connectivity index (χ1) is 10.6. The third kappa shape index (κ3) is 2.50. The summed E-state index contributed by atoms with van der Waals surface area (Å²) in [5.41, 5.74) is 6.91. The Morgan fingerprint density at radius 3 is 2.50 bits per heavy atom. The van der Waals surface area contributed by atoms with E-state index in [1.807, 2.05) is 4.90 Å². The van der Waals surface area contributed by atoms with Crippen LogP contribution in [0, 0.1) is 0 Å². The molecule has 114 valence electrons. The SMILES string of the molecule is NC(=O)c1ccc2cncc(N3CCN(C(=O)O)CC3)c2n1. The average molecular weight is 301 g/mol. The highest BCUT2D eigenvalue weighted by atomic mass is 16.4. The van der Waals surface area contributed by atoms with Crippen LogP contribution < -0.4 is 10.6 Å². The average Bonchev–Trinajstić information content (AvgIpc) is 2.53. The van der Waals surface area contributed by atoms with Gasteiger partial charge in [0.25, 0.3) is 5.91 Å². The molecule has 8 heteroatoms. The van der Waals surface area contributed by atoms with Crippen molar-refractivity contribution in [1.82, 2.24) is 14.9 Å². The van der Waals surface area contributed by atoms with Crippen LogP contribution in [0.2, 0.25) is 0 Å². The van der Waals surface area contributed by atoms with Gasteiger partial charge in [0.2, 0.25) is 0 Å². The maximum Gasteiger partial charge on any atom is 0.407 e. The number of pyridine rings is 2. The van der Waals surface area contributed by atoms with Crippen LogP contribution in [-0.2, 0) is 0 Å². The van der Waals surface area contributed by atoms with Crippen LogP contribution in [0.15, 0.2) is 24.5 Å². The summed E-state index contributed by atoms with van der Waals surface area (Å²) in [7, 11) is 0. The molecule has 1 saturated heterocycles. The molecule has 0 spiro atoms. The Hall–Kier alpha value is -2.90. The maximum atomic E-state index is 11.3. The summed E-state index contributed by atoms with van der Waals surface area (Å²) in [4.78, 5) is 34.2. The molecule has 0 radical (unpaired) electrons. The number of fused-ring (bicyclic) bond motifs is 1. The Balaban J connectivity index is 1.95. The van der Waals surface area contributed by atoms with E-state index in [1.165, 1.54) is 4.90 Å². The zero-order chi connectivity index (χ0) is 15.7. The third-order valence-corrected chi connectivity index (χ3v) is 3.72. The second kappa shape index (κ2) is 5.47. The lowest BCUT2D eigenvalue weighted by molar-refractivity contribution is 0.0995. The highest BCUT2D eigenvalue weighted by Gasteiger charge is 2.22. The van der Waals surface area contributed by atoms with Gasteiger partial charge in [0, 0.05) is 37.8 Å². The summed E-state index contributed by atoms with van der Waals surface area (Å²) in [5.74, 6) is -0.583.